The molecule has 0 heterocycles. The molecular weight excluding hydrogens is 237 g/mol. The minimum Gasteiger partial charge on any atom is -0.298 e. The predicted octanol–water partition coefficient (Wildman–Crippen LogP) is 2.45. The SMILES string of the molecule is CC(=O)c1c(C=O)cccc1C(=O)C(F)(F)F. The molecule has 0 spiro atoms. The first-order valence-electron chi connectivity index (χ1n) is 4.49. The molecule has 0 radical (unpaired) electrons. The number of hydrogen-bond acceptors (Lipinski definition) is 3. The molecule has 1 aromatic rings. The number of carbonyl (C=O) groups excluding carboxylic acids is 3. The highest BCUT2D eigenvalue weighted by Crippen LogP contribution is 2.25. The fourth-order valence-corrected chi connectivity index (χ4v) is 1.40. The van der Waals surface area contributed by atoms with Crippen molar-refractivity contribution in [3.8, 4) is 0 Å². The Morgan fingerprint density at radius 2 is 1.82 bits per heavy atom. The average molecular weight is 244 g/mol. The second kappa shape index (κ2) is 4.48. The van der Waals surface area contributed by atoms with Gasteiger partial charge in [0, 0.05) is 16.7 Å². The van der Waals surface area contributed by atoms with Gasteiger partial charge in [0.15, 0.2) is 12.1 Å². The lowest BCUT2D eigenvalue weighted by Gasteiger charge is -2.10. The molecule has 0 saturated carbocycles. The van der Waals surface area contributed by atoms with Crippen molar-refractivity contribution in [2.45, 2.75) is 13.1 Å². The van der Waals surface area contributed by atoms with Crippen molar-refractivity contribution in [2.24, 2.45) is 0 Å². The number of hydrogen-bond donors (Lipinski definition) is 0. The molecule has 1 aromatic carbocycles. The van der Waals surface area contributed by atoms with Crippen LogP contribution in [0.1, 0.15) is 38.0 Å². The lowest BCUT2D eigenvalue weighted by Crippen LogP contribution is -2.25. The zero-order valence-electron chi connectivity index (χ0n) is 8.67. The minimum absolute atomic E-state index is 0.229. The Bertz CT molecular complexity index is 489. The molecule has 3 nitrogen and oxygen atoms in total. The maximum Gasteiger partial charge on any atom is 0.454 e. The Morgan fingerprint density at radius 3 is 2.24 bits per heavy atom. The van der Waals surface area contributed by atoms with Crippen LogP contribution >= 0.6 is 0 Å². The second-order valence-electron chi connectivity index (χ2n) is 3.27. The van der Waals surface area contributed by atoms with E-state index in [0.717, 1.165) is 19.1 Å². The molecule has 0 N–H and O–H groups in total. The Labute approximate surface area is 94.2 Å². The van der Waals surface area contributed by atoms with Gasteiger partial charge >= 0.3 is 6.18 Å². The molecule has 0 aliphatic carbocycles. The zero-order chi connectivity index (χ0) is 13.2. The van der Waals surface area contributed by atoms with Gasteiger partial charge in [-0.3, -0.25) is 14.4 Å². The summed E-state index contributed by atoms with van der Waals surface area (Å²) in [7, 11) is 0. The third-order valence-electron chi connectivity index (χ3n) is 2.08. The van der Waals surface area contributed by atoms with Crippen LogP contribution in [0.15, 0.2) is 18.2 Å². The monoisotopic (exact) mass is 244 g/mol. The Kier molecular flexibility index (Phi) is 3.45. The maximum atomic E-state index is 12.3. The Balaban J connectivity index is 3.49. The lowest BCUT2D eigenvalue weighted by atomic mass is 9.96. The first kappa shape index (κ1) is 13.1. The Hall–Kier alpha value is -1.98. The lowest BCUT2D eigenvalue weighted by molar-refractivity contribution is -0.0885. The molecule has 0 unspecified atom stereocenters. The smallest absolute Gasteiger partial charge is 0.298 e. The van der Waals surface area contributed by atoms with Gasteiger partial charge in [0.2, 0.25) is 0 Å². The summed E-state index contributed by atoms with van der Waals surface area (Å²) in [4.78, 5) is 32.9. The zero-order valence-corrected chi connectivity index (χ0v) is 8.67. The summed E-state index contributed by atoms with van der Waals surface area (Å²) in [5.41, 5.74) is -1.52. The van der Waals surface area contributed by atoms with E-state index >= 15 is 0 Å². The van der Waals surface area contributed by atoms with Gasteiger partial charge in [-0.15, -0.1) is 0 Å². The van der Waals surface area contributed by atoms with Gasteiger partial charge in [-0.25, -0.2) is 0 Å². The molecule has 0 atom stereocenters. The van der Waals surface area contributed by atoms with E-state index in [-0.39, 0.29) is 11.8 Å². The molecule has 0 aliphatic heterocycles. The highest BCUT2D eigenvalue weighted by Gasteiger charge is 2.41. The standard InChI is InChI=1S/C11H7F3O3/c1-6(16)9-7(5-15)3-2-4-8(9)10(17)11(12,13)14/h2-5H,1H3. The number of ketones is 2. The van der Waals surface area contributed by atoms with Gasteiger partial charge in [0.25, 0.3) is 5.78 Å². The van der Waals surface area contributed by atoms with E-state index in [1.54, 1.807) is 0 Å². The first-order valence-corrected chi connectivity index (χ1v) is 4.49. The van der Waals surface area contributed by atoms with Crippen LogP contribution in [0.3, 0.4) is 0 Å². The van der Waals surface area contributed by atoms with Crippen LogP contribution in [-0.2, 0) is 0 Å². The molecule has 0 aliphatic rings. The number of Topliss-reactive ketones (excluding diaryl/α,β-unsaturated/α-hetero) is 2. The maximum absolute atomic E-state index is 12.3. The van der Waals surface area contributed by atoms with Crippen molar-refractivity contribution in [2.75, 3.05) is 0 Å². The molecule has 90 valence electrons. The molecule has 0 fully saturated rings. The third kappa shape index (κ3) is 2.58. The summed E-state index contributed by atoms with van der Waals surface area (Å²) < 4.78 is 36.8. The van der Waals surface area contributed by atoms with Crippen molar-refractivity contribution < 1.29 is 27.6 Å². The van der Waals surface area contributed by atoms with Crippen LogP contribution in [0.2, 0.25) is 0 Å². The third-order valence-corrected chi connectivity index (χ3v) is 2.08. The van der Waals surface area contributed by atoms with Gasteiger partial charge in [-0.05, 0) is 6.92 Å². The summed E-state index contributed by atoms with van der Waals surface area (Å²) in [5.74, 6) is -2.90. The number of carbonyl (C=O) groups is 3. The summed E-state index contributed by atoms with van der Waals surface area (Å²) in [6.45, 7) is 0.996. The van der Waals surface area contributed by atoms with Crippen molar-refractivity contribution in [3.63, 3.8) is 0 Å². The van der Waals surface area contributed by atoms with Crippen LogP contribution in [0, 0.1) is 0 Å². The van der Waals surface area contributed by atoms with E-state index in [9.17, 15) is 27.6 Å². The Morgan fingerprint density at radius 1 is 1.24 bits per heavy atom. The van der Waals surface area contributed by atoms with Crippen LogP contribution in [0.25, 0.3) is 0 Å². The van der Waals surface area contributed by atoms with E-state index < -0.39 is 28.9 Å². The number of alkyl halides is 3. The summed E-state index contributed by atoms with van der Waals surface area (Å²) in [5, 5.41) is 0. The second-order valence-corrected chi connectivity index (χ2v) is 3.27. The first-order chi connectivity index (χ1) is 7.79. The molecular formula is C11H7F3O3. The molecule has 0 saturated heterocycles. The van der Waals surface area contributed by atoms with Gasteiger partial charge in [-0.2, -0.15) is 13.2 Å². The van der Waals surface area contributed by atoms with E-state index in [1.807, 2.05) is 0 Å². The fourth-order valence-electron chi connectivity index (χ4n) is 1.40. The van der Waals surface area contributed by atoms with Gasteiger partial charge < -0.3 is 0 Å². The van der Waals surface area contributed by atoms with E-state index in [0.29, 0.717) is 0 Å². The van der Waals surface area contributed by atoms with Gasteiger partial charge in [0.05, 0.1) is 0 Å². The van der Waals surface area contributed by atoms with Gasteiger partial charge in [-0.1, -0.05) is 18.2 Å². The topological polar surface area (TPSA) is 51.2 Å². The molecule has 1 rings (SSSR count). The molecule has 6 heteroatoms. The van der Waals surface area contributed by atoms with E-state index in [1.165, 1.54) is 6.07 Å². The summed E-state index contributed by atoms with van der Waals surface area (Å²) in [6, 6.07) is 3.17. The fraction of sp³-hybridized carbons (Fsp3) is 0.182. The highest BCUT2D eigenvalue weighted by atomic mass is 19.4. The largest absolute Gasteiger partial charge is 0.454 e. The number of rotatable bonds is 3. The minimum atomic E-state index is -5.08. The van der Waals surface area contributed by atoms with Gasteiger partial charge in [0.1, 0.15) is 0 Å². The van der Waals surface area contributed by atoms with Crippen molar-refractivity contribution in [1.82, 2.24) is 0 Å². The van der Waals surface area contributed by atoms with Crippen LogP contribution in [0.4, 0.5) is 13.2 Å². The highest BCUT2D eigenvalue weighted by molar-refractivity contribution is 6.13. The van der Waals surface area contributed by atoms with Crippen molar-refractivity contribution in [3.05, 3.63) is 34.9 Å². The van der Waals surface area contributed by atoms with Crippen molar-refractivity contribution in [1.29, 1.82) is 0 Å². The van der Waals surface area contributed by atoms with Crippen LogP contribution < -0.4 is 0 Å². The molecule has 17 heavy (non-hydrogen) atoms. The van der Waals surface area contributed by atoms with E-state index in [2.05, 4.69) is 0 Å². The normalized spacial score (nSPS) is 11.1. The number of benzene rings is 1. The van der Waals surface area contributed by atoms with Crippen LogP contribution in [0.5, 0.6) is 0 Å². The van der Waals surface area contributed by atoms with E-state index in [4.69, 9.17) is 0 Å². The summed E-state index contributed by atoms with van der Waals surface area (Å²) in [6.07, 6.45) is -4.84. The van der Waals surface area contributed by atoms with Crippen molar-refractivity contribution >= 4 is 17.9 Å². The van der Waals surface area contributed by atoms with Crippen LogP contribution in [-0.4, -0.2) is 24.0 Å². The number of aldehydes is 1. The summed E-state index contributed by atoms with van der Waals surface area (Å²) >= 11 is 0. The predicted molar refractivity (Wildman–Crippen MR) is 52.2 cm³/mol. The molecule has 0 amide bonds. The molecule has 0 bridgehead atoms. The molecule has 0 aromatic heterocycles. The number of halogens is 3. The average Bonchev–Trinajstić information content (AvgIpc) is 2.25. The quantitative estimate of drug-likeness (QED) is 0.606.